The van der Waals surface area contributed by atoms with Gasteiger partial charge in [0.15, 0.2) is 0 Å². The molecule has 0 aliphatic heterocycles. The molecule has 2 amide bonds. The SMILES string of the molecule is C[C@@H](OC1CCCCCC1)C(=O)NC1(C(N)=O)CCCC1. The fourth-order valence-electron chi connectivity index (χ4n) is 3.48. The molecule has 2 saturated carbocycles. The summed E-state index contributed by atoms with van der Waals surface area (Å²) >= 11 is 0. The highest BCUT2D eigenvalue weighted by atomic mass is 16.5. The molecule has 0 unspecified atom stereocenters. The van der Waals surface area contributed by atoms with Crippen molar-refractivity contribution in [2.45, 2.75) is 88.9 Å². The molecular formula is C16H28N2O3. The van der Waals surface area contributed by atoms with E-state index in [-0.39, 0.29) is 12.0 Å². The zero-order valence-corrected chi connectivity index (χ0v) is 13.0. The van der Waals surface area contributed by atoms with E-state index in [2.05, 4.69) is 5.32 Å². The van der Waals surface area contributed by atoms with Gasteiger partial charge in [0.25, 0.3) is 0 Å². The average molecular weight is 296 g/mol. The van der Waals surface area contributed by atoms with E-state index in [0.29, 0.717) is 12.8 Å². The van der Waals surface area contributed by atoms with Crippen LogP contribution in [-0.4, -0.2) is 29.6 Å². The molecule has 0 saturated heterocycles. The van der Waals surface area contributed by atoms with Gasteiger partial charge in [-0.2, -0.15) is 0 Å². The van der Waals surface area contributed by atoms with Gasteiger partial charge in [-0.25, -0.2) is 0 Å². The van der Waals surface area contributed by atoms with Crippen LogP contribution in [0.15, 0.2) is 0 Å². The van der Waals surface area contributed by atoms with Crippen molar-refractivity contribution in [3.05, 3.63) is 0 Å². The van der Waals surface area contributed by atoms with E-state index < -0.39 is 17.6 Å². The van der Waals surface area contributed by atoms with E-state index in [1.54, 1.807) is 6.92 Å². The minimum atomic E-state index is -0.849. The monoisotopic (exact) mass is 296 g/mol. The highest BCUT2D eigenvalue weighted by molar-refractivity contribution is 5.92. The summed E-state index contributed by atoms with van der Waals surface area (Å²) in [4.78, 5) is 24.0. The number of nitrogens with two attached hydrogens (primary N) is 1. The third-order valence-corrected chi connectivity index (χ3v) is 4.86. The second-order valence-electron chi connectivity index (χ2n) is 6.53. The van der Waals surface area contributed by atoms with Crippen molar-refractivity contribution in [3.8, 4) is 0 Å². The third-order valence-electron chi connectivity index (χ3n) is 4.86. The first-order valence-electron chi connectivity index (χ1n) is 8.31. The number of rotatable bonds is 5. The number of primary amides is 1. The lowest BCUT2D eigenvalue weighted by Crippen LogP contribution is -2.57. The molecular weight excluding hydrogens is 268 g/mol. The Morgan fingerprint density at radius 1 is 1.10 bits per heavy atom. The van der Waals surface area contributed by atoms with Crippen LogP contribution in [0.5, 0.6) is 0 Å². The van der Waals surface area contributed by atoms with Crippen molar-refractivity contribution in [2.24, 2.45) is 5.73 Å². The lowest BCUT2D eigenvalue weighted by Gasteiger charge is -2.29. The maximum Gasteiger partial charge on any atom is 0.249 e. The van der Waals surface area contributed by atoms with E-state index in [0.717, 1.165) is 25.7 Å². The summed E-state index contributed by atoms with van der Waals surface area (Å²) in [6.45, 7) is 1.77. The highest BCUT2D eigenvalue weighted by Crippen LogP contribution is 2.29. The standard InChI is InChI=1S/C16H28N2O3/c1-12(21-13-8-4-2-3-5-9-13)14(19)18-16(15(17)20)10-6-7-11-16/h12-13H,2-11H2,1H3,(H2,17,20)(H,18,19)/t12-/m1/s1. The third kappa shape index (κ3) is 4.19. The van der Waals surface area contributed by atoms with Crippen LogP contribution >= 0.6 is 0 Å². The van der Waals surface area contributed by atoms with Crippen LogP contribution in [0.4, 0.5) is 0 Å². The Hall–Kier alpha value is -1.10. The van der Waals surface area contributed by atoms with E-state index in [4.69, 9.17) is 10.5 Å². The zero-order chi connectivity index (χ0) is 15.3. The largest absolute Gasteiger partial charge is 0.368 e. The Morgan fingerprint density at radius 2 is 1.67 bits per heavy atom. The maximum absolute atomic E-state index is 12.3. The van der Waals surface area contributed by atoms with Crippen molar-refractivity contribution >= 4 is 11.8 Å². The molecule has 0 radical (unpaired) electrons. The number of carbonyl (C=O) groups excluding carboxylic acids is 2. The van der Waals surface area contributed by atoms with E-state index >= 15 is 0 Å². The molecule has 0 bridgehead atoms. The van der Waals surface area contributed by atoms with Gasteiger partial charge in [-0.05, 0) is 32.6 Å². The first-order valence-corrected chi connectivity index (χ1v) is 8.31. The molecule has 0 aromatic rings. The van der Waals surface area contributed by atoms with Gasteiger partial charge >= 0.3 is 0 Å². The van der Waals surface area contributed by atoms with Crippen molar-refractivity contribution in [2.75, 3.05) is 0 Å². The van der Waals surface area contributed by atoms with Gasteiger partial charge in [0.05, 0.1) is 6.10 Å². The van der Waals surface area contributed by atoms with Crippen LogP contribution in [0.25, 0.3) is 0 Å². The van der Waals surface area contributed by atoms with E-state index in [1.807, 2.05) is 0 Å². The van der Waals surface area contributed by atoms with Crippen molar-refractivity contribution in [3.63, 3.8) is 0 Å². The predicted octanol–water partition coefficient (Wildman–Crippen LogP) is 2.03. The molecule has 2 aliphatic carbocycles. The van der Waals surface area contributed by atoms with Gasteiger partial charge in [-0.15, -0.1) is 0 Å². The quantitative estimate of drug-likeness (QED) is 0.762. The minimum absolute atomic E-state index is 0.168. The van der Waals surface area contributed by atoms with Crippen LogP contribution in [0.2, 0.25) is 0 Å². The molecule has 3 N–H and O–H groups in total. The molecule has 0 heterocycles. The number of hydrogen-bond acceptors (Lipinski definition) is 3. The molecule has 2 aliphatic rings. The molecule has 5 heteroatoms. The van der Waals surface area contributed by atoms with Crippen LogP contribution in [-0.2, 0) is 14.3 Å². The van der Waals surface area contributed by atoms with Gasteiger partial charge in [0.1, 0.15) is 11.6 Å². The normalized spacial score (nSPS) is 24.2. The van der Waals surface area contributed by atoms with Crippen molar-refractivity contribution < 1.29 is 14.3 Å². The second kappa shape index (κ2) is 7.25. The first-order chi connectivity index (χ1) is 10.0. The molecule has 1 atom stereocenters. The lowest BCUT2D eigenvalue weighted by atomic mass is 9.96. The Kier molecular flexibility index (Phi) is 5.62. The topological polar surface area (TPSA) is 81.4 Å². The number of ether oxygens (including phenoxy) is 1. The summed E-state index contributed by atoms with van der Waals surface area (Å²) in [5, 5.41) is 2.86. The Labute approximate surface area is 127 Å². The van der Waals surface area contributed by atoms with E-state index in [1.165, 1.54) is 25.7 Å². The van der Waals surface area contributed by atoms with Gasteiger partial charge in [-0.3, -0.25) is 9.59 Å². The predicted molar refractivity (Wildman–Crippen MR) is 80.6 cm³/mol. The van der Waals surface area contributed by atoms with Gasteiger partial charge in [0, 0.05) is 0 Å². The van der Waals surface area contributed by atoms with Crippen LogP contribution < -0.4 is 11.1 Å². The van der Waals surface area contributed by atoms with Crippen LogP contribution in [0, 0.1) is 0 Å². The fourth-order valence-corrected chi connectivity index (χ4v) is 3.48. The summed E-state index contributed by atoms with van der Waals surface area (Å²) in [5.74, 6) is -0.630. The average Bonchev–Trinajstić information content (AvgIpc) is 2.77. The van der Waals surface area contributed by atoms with Crippen LogP contribution in [0.1, 0.15) is 71.1 Å². The lowest BCUT2D eigenvalue weighted by molar-refractivity contribution is -0.141. The van der Waals surface area contributed by atoms with Gasteiger partial charge < -0.3 is 15.8 Å². The Balaban J connectivity index is 1.88. The second-order valence-corrected chi connectivity index (χ2v) is 6.53. The number of nitrogens with one attached hydrogen (secondary N) is 1. The fraction of sp³-hybridized carbons (Fsp3) is 0.875. The molecule has 2 rings (SSSR count). The highest BCUT2D eigenvalue weighted by Gasteiger charge is 2.41. The molecule has 120 valence electrons. The van der Waals surface area contributed by atoms with Gasteiger partial charge in [-0.1, -0.05) is 38.5 Å². The minimum Gasteiger partial charge on any atom is -0.368 e. The van der Waals surface area contributed by atoms with Crippen LogP contribution in [0.3, 0.4) is 0 Å². The smallest absolute Gasteiger partial charge is 0.249 e. The first kappa shape index (κ1) is 16.3. The number of amides is 2. The summed E-state index contributed by atoms with van der Waals surface area (Å²) < 4.78 is 5.90. The molecule has 0 spiro atoms. The van der Waals surface area contributed by atoms with Crippen molar-refractivity contribution in [1.29, 1.82) is 0 Å². The number of hydrogen-bond donors (Lipinski definition) is 2. The molecule has 5 nitrogen and oxygen atoms in total. The van der Waals surface area contributed by atoms with E-state index in [9.17, 15) is 9.59 Å². The molecule has 0 aromatic carbocycles. The summed E-state index contributed by atoms with van der Waals surface area (Å²) in [6, 6.07) is 0. The molecule has 0 aromatic heterocycles. The van der Waals surface area contributed by atoms with Crippen molar-refractivity contribution in [1.82, 2.24) is 5.32 Å². The zero-order valence-electron chi connectivity index (χ0n) is 13.0. The molecule has 2 fully saturated rings. The maximum atomic E-state index is 12.3. The Morgan fingerprint density at radius 3 is 2.19 bits per heavy atom. The van der Waals surface area contributed by atoms with Gasteiger partial charge in [0.2, 0.25) is 11.8 Å². The summed E-state index contributed by atoms with van der Waals surface area (Å²) in [5.41, 5.74) is 4.64. The summed E-state index contributed by atoms with van der Waals surface area (Å²) in [6.07, 6.45) is 9.70. The number of carbonyl (C=O) groups is 2. The summed E-state index contributed by atoms with van der Waals surface area (Å²) in [7, 11) is 0. The molecule has 21 heavy (non-hydrogen) atoms. The Bertz CT molecular complexity index is 370.